The van der Waals surface area contributed by atoms with E-state index in [1.54, 1.807) is 6.92 Å². The highest BCUT2D eigenvalue weighted by Crippen LogP contribution is 2.10. The Morgan fingerprint density at radius 3 is 2.62 bits per heavy atom. The third-order valence-corrected chi connectivity index (χ3v) is 2.17. The van der Waals surface area contributed by atoms with Crippen molar-refractivity contribution in [3.8, 4) is 0 Å². The second kappa shape index (κ2) is 6.12. The maximum absolute atomic E-state index is 9.59. The lowest BCUT2D eigenvalue weighted by Crippen LogP contribution is -2.06. The van der Waals surface area contributed by atoms with E-state index in [2.05, 4.69) is 15.7 Å². The average molecular weight is 240 g/mol. The molecule has 0 aliphatic rings. The van der Waals surface area contributed by atoms with Crippen LogP contribution in [0.5, 0.6) is 0 Å². The van der Waals surface area contributed by atoms with Crippen molar-refractivity contribution in [1.82, 2.24) is 9.97 Å². The molecule has 1 heterocycles. The number of hydrogen-bond acceptors (Lipinski definition) is 2. The van der Waals surface area contributed by atoms with Crippen molar-refractivity contribution in [1.29, 1.82) is 0 Å². The molecule has 0 aliphatic carbocycles. The second-order valence-electron chi connectivity index (χ2n) is 3.15. The summed E-state index contributed by atoms with van der Waals surface area (Å²) in [4.78, 5) is 16.9. The molecule has 0 atom stereocenters. The number of benzene rings is 1. The smallest absolute Gasteiger partial charge is 0.217 e. The van der Waals surface area contributed by atoms with Gasteiger partial charge in [0, 0.05) is 6.42 Å². The Kier molecular flexibility index (Phi) is 4.79. The Bertz CT molecular complexity index is 434. The average Bonchev–Trinajstić information content (AvgIpc) is 2.72. The summed E-state index contributed by atoms with van der Waals surface area (Å²) in [6.07, 6.45) is 0.444. The van der Waals surface area contributed by atoms with Crippen molar-refractivity contribution in [2.45, 2.75) is 19.2 Å². The number of fused-ring (bicyclic) bond motifs is 1. The molecule has 0 saturated heterocycles. The van der Waals surface area contributed by atoms with Crippen molar-refractivity contribution >= 4 is 28.5 Å². The van der Waals surface area contributed by atoms with Gasteiger partial charge in [-0.25, -0.2) is 4.98 Å². The Balaban J connectivity index is 0.000000221. The molecule has 2 rings (SSSR count). The second-order valence-corrected chi connectivity index (χ2v) is 3.42. The number of aromatic amines is 1. The topological polar surface area (TPSA) is 71.8 Å². The number of rotatable bonds is 2. The van der Waals surface area contributed by atoms with Crippen LogP contribution in [0.25, 0.3) is 11.0 Å². The standard InChI is InChI=1S/C8H7ClN2.C3H7NO/c9-5-8-10-6-3-1-2-4-7(6)11-8;1-2-3(4)5/h1-4H,5H2,(H,10,11);2H2,1H3,(H2,4,5). The lowest BCUT2D eigenvalue weighted by Gasteiger charge is -1.81. The fourth-order valence-electron chi connectivity index (χ4n) is 1.07. The summed E-state index contributed by atoms with van der Waals surface area (Å²) >= 11 is 5.60. The van der Waals surface area contributed by atoms with Gasteiger partial charge in [-0.1, -0.05) is 19.1 Å². The third-order valence-electron chi connectivity index (χ3n) is 1.91. The van der Waals surface area contributed by atoms with Gasteiger partial charge in [-0.15, -0.1) is 11.6 Å². The molecule has 3 N–H and O–H groups in total. The van der Waals surface area contributed by atoms with Crippen LogP contribution in [0.15, 0.2) is 24.3 Å². The number of para-hydroxylation sites is 2. The van der Waals surface area contributed by atoms with Crippen LogP contribution in [0, 0.1) is 0 Å². The van der Waals surface area contributed by atoms with Gasteiger partial charge in [-0.2, -0.15) is 0 Å². The largest absolute Gasteiger partial charge is 0.370 e. The highest BCUT2D eigenvalue weighted by Gasteiger charge is 1.98. The lowest BCUT2D eigenvalue weighted by atomic mass is 10.3. The molecule has 2 aromatic rings. The number of halogens is 1. The van der Waals surface area contributed by atoms with Crippen molar-refractivity contribution in [3.05, 3.63) is 30.1 Å². The highest BCUT2D eigenvalue weighted by molar-refractivity contribution is 6.16. The quantitative estimate of drug-likeness (QED) is 0.789. The zero-order valence-electron chi connectivity index (χ0n) is 9.03. The summed E-state index contributed by atoms with van der Waals surface area (Å²) in [5.41, 5.74) is 6.67. The number of aromatic nitrogens is 2. The maximum Gasteiger partial charge on any atom is 0.217 e. The SMILES string of the molecule is CCC(N)=O.ClCc1nc2ccccc2[nH]1. The van der Waals surface area contributed by atoms with E-state index in [1.807, 2.05) is 24.3 Å². The fraction of sp³-hybridized carbons (Fsp3) is 0.273. The van der Waals surface area contributed by atoms with Gasteiger partial charge < -0.3 is 10.7 Å². The number of amides is 1. The van der Waals surface area contributed by atoms with Crippen LogP contribution in [0.3, 0.4) is 0 Å². The number of primary amides is 1. The molecule has 0 unspecified atom stereocenters. The van der Waals surface area contributed by atoms with Gasteiger partial charge >= 0.3 is 0 Å². The van der Waals surface area contributed by atoms with Crippen LogP contribution in [-0.2, 0) is 10.7 Å². The Morgan fingerprint density at radius 2 is 2.12 bits per heavy atom. The van der Waals surface area contributed by atoms with E-state index >= 15 is 0 Å². The van der Waals surface area contributed by atoms with E-state index in [0.29, 0.717) is 12.3 Å². The van der Waals surface area contributed by atoms with Crippen LogP contribution in [0.1, 0.15) is 19.2 Å². The Hall–Kier alpha value is -1.55. The van der Waals surface area contributed by atoms with Crippen LogP contribution in [0.4, 0.5) is 0 Å². The number of carbonyl (C=O) groups is 1. The minimum Gasteiger partial charge on any atom is -0.370 e. The number of alkyl halides is 1. The normalized spacial score (nSPS) is 9.62. The predicted octanol–water partition coefficient (Wildman–Crippen LogP) is 2.18. The van der Waals surface area contributed by atoms with Gasteiger partial charge in [0.2, 0.25) is 5.91 Å². The molecule has 0 saturated carbocycles. The summed E-state index contributed by atoms with van der Waals surface area (Å²) in [6, 6.07) is 7.87. The first kappa shape index (κ1) is 12.5. The van der Waals surface area contributed by atoms with Crippen LogP contribution in [0.2, 0.25) is 0 Å². The summed E-state index contributed by atoms with van der Waals surface area (Å²) in [7, 11) is 0. The number of imidazole rings is 1. The molecule has 1 aromatic heterocycles. The van der Waals surface area contributed by atoms with Crippen LogP contribution < -0.4 is 5.73 Å². The zero-order chi connectivity index (χ0) is 12.0. The van der Waals surface area contributed by atoms with E-state index in [-0.39, 0.29) is 5.91 Å². The van der Waals surface area contributed by atoms with Crippen LogP contribution >= 0.6 is 11.6 Å². The summed E-state index contributed by atoms with van der Waals surface area (Å²) in [5.74, 6) is 1.02. The molecule has 4 nitrogen and oxygen atoms in total. The molecule has 0 aliphatic heterocycles. The molecule has 0 fully saturated rings. The molecule has 0 radical (unpaired) electrons. The summed E-state index contributed by atoms with van der Waals surface area (Å²) in [5, 5.41) is 0. The predicted molar refractivity (Wildman–Crippen MR) is 65.1 cm³/mol. The first-order valence-electron chi connectivity index (χ1n) is 4.95. The van der Waals surface area contributed by atoms with E-state index in [0.717, 1.165) is 16.9 Å². The fourth-order valence-corrected chi connectivity index (χ4v) is 1.20. The van der Waals surface area contributed by atoms with Crippen molar-refractivity contribution < 1.29 is 4.79 Å². The monoisotopic (exact) mass is 239 g/mol. The van der Waals surface area contributed by atoms with Gasteiger partial charge in [-0.3, -0.25) is 4.79 Å². The molecule has 5 heteroatoms. The Labute approximate surface area is 98.8 Å². The number of hydrogen-bond donors (Lipinski definition) is 2. The zero-order valence-corrected chi connectivity index (χ0v) is 9.79. The van der Waals surface area contributed by atoms with Gasteiger partial charge in [0.25, 0.3) is 0 Å². The van der Waals surface area contributed by atoms with Crippen molar-refractivity contribution in [3.63, 3.8) is 0 Å². The Morgan fingerprint density at radius 1 is 1.50 bits per heavy atom. The molecule has 1 aromatic carbocycles. The first-order chi connectivity index (χ1) is 7.67. The number of nitrogens with one attached hydrogen (secondary N) is 1. The molecular weight excluding hydrogens is 226 g/mol. The van der Waals surface area contributed by atoms with E-state index in [1.165, 1.54) is 0 Å². The highest BCUT2D eigenvalue weighted by atomic mass is 35.5. The van der Waals surface area contributed by atoms with E-state index in [4.69, 9.17) is 11.6 Å². The maximum atomic E-state index is 9.59. The van der Waals surface area contributed by atoms with Gasteiger partial charge in [-0.05, 0) is 12.1 Å². The van der Waals surface area contributed by atoms with Crippen molar-refractivity contribution in [2.24, 2.45) is 5.73 Å². The minimum atomic E-state index is -0.245. The minimum absolute atomic E-state index is 0.245. The van der Waals surface area contributed by atoms with Crippen molar-refractivity contribution in [2.75, 3.05) is 0 Å². The summed E-state index contributed by atoms with van der Waals surface area (Å²) < 4.78 is 0. The molecule has 0 bridgehead atoms. The molecule has 0 spiro atoms. The van der Waals surface area contributed by atoms with Gasteiger partial charge in [0.1, 0.15) is 5.82 Å². The molecular formula is C11H14ClN3O. The lowest BCUT2D eigenvalue weighted by molar-refractivity contribution is -0.117. The number of nitrogens with zero attached hydrogens (tertiary/aromatic N) is 1. The third kappa shape index (κ3) is 3.55. The first-order valence-corrected chi connectivity index (χ1v) is 5.48. The number of H-pyrrole nitrogens is 1. The number of carbonyl (C=O) groups excluding carboxylic acids is 1. The van der Waals surface area contributed by atoms with Gasteiger partial charge in [0.05, 0.1) is 16.9 Å². The molecule has 86 valence electrons. The molecule has 16 heavy (non-hydrogen) atoms. The van der Waals surface area contributed by atoms with Gasteiger partial charge in [0.15, 0.2) is 0 Å². The summed E-state index contributed by atoms with van der Waals surface area (Å²) in [6.45, 7) is 1.72. The van der Waals surface area contributed by atoms with E-state index in [9.17, 15) is 4.79 Å². The van der Waals surface area contributed by atoms with Crippen LogP contribution in [-0.4, -0.2) is 15.9 Å². The number of nitrogens with two attached hydrogens (primary N) is 1. The molecule has 1 amide bonds. The van der Waals surface area contributed by atoms with E-state index < -0.39 is 0 Å².